The molecule has 2 N–H and O–H groups in total. The van der Waals surface area contributed by atoms with Gasteiger partial charge in [0.05, 0.1) is 0 Å². The summed E-state index contributed by atoms with van der Waals surface area (Å²) < 4.78 is 36.8. The normalized spacial score (nSPS) is 15.3. The van der Waals surface area contributed by atoms with Gasteiger partial charge in [-0.2, -0.15) is 0 Å². The Labute approximate surface area is 134 Å². The van der Waals surface area contributed by atoms with E-state index in [4.69, 9.17) is 5.14 Å². The van der Waals surface area contributed by atoms with Crippen LogP contribution in [0.5, 0.6) is 0 Å². The number of rotatable bonds is 3. The molecule has 0 atom stereocenters. The molecular weight excluding hydrogens is 315 g/mol. The number of nitrogens with zero attached hydrogens (tertiary/aromatic N) is 1. The van der Waals surface area contributed by atoms with Gasteiger partial charge >= 0.3 is 0 Å². The van der Waals surface area contributed by atoms with Crippen LogP contribution in [0.25, 0.3) is 11.1 Å². The Morgan fingerprint density at radius 1 is 1.17 bits per heavy atom. The predicted molar refractivity (Wildman–Crippen MR) is 87.4 cm³/mol. The minimum absolute atomic E-state index is 0.473. The Bertz CT molecular complexity index is 905. The van der Waals surface area contributed by atoms with E-state index in [1.165, 1.54) is 12.1 Å². The van der Waals surface area contributed by atoms with Crippen molar-refractivity contribution in [1.29, 1.82) is 0 Å². The van der Waals surface area contributed by atoms with E-state index >= 15 is 0 Å². The summed E-state index contributed by atoms with van der Waals surface area (Å²) >= 11 is 0. The van der Waals surface area contributed by atoms with Crippen molar-refractivity contribution in [2.45, 2.75) is 31.1 Å². The molecule has 0 amide bonds. The number of sulfonamides is 1. The molecule has 6 heteroatoms. The van der Waals surface area contributed by atoms with Gasteiger partial charge in [0.15, 0.2) is 0 Å². The summed E-state index contributed by atoms with van der Waals surface area (Å²) in [5.74, 6) is -0.813. The van der Waals surface area contributed by atoms with Crippen molar-refractivity contribution in [1.82, 2.24) is 4.98 Å². The highest BCUT2D eigenvalue weighted by molar-refractivity contribution is 7.89. The number of halogens is 1. The molecule has 1 aromatic heterocycles. The Balaban J connectivity index is 2.12. The Kier molecular flexibility index (Phi) is 4.04. The zero-order valence-electron chi connectivity index (χ0n) is 12.7. The summed E-state index contributed by atoms with van der Waals surface area (Å²) in [7, 11) is -4.05. The first-order chi connectivity index (χ1) is 10.9. The van der Waals surface area contributed by atoms with E-state index in [1.54, 1.807) is 12.3 Å². The van der Waals surface area contributed by atoms with Gasteiger partial charge in [-0.15, -0.1) is 0 Å². The number of benzene rings is 1. The highest BCUT2D eigenvalue weighted by atomic mass is 32.2. The Morgan fingerprint density at radius 3 is 2.57 bits per heavy atom. The lowest BCUT2D eigenvalue weighted by atomic mass is 9.96. The van der Waals surface area contributed by atoms with Gasteiger partial charge in [0.1, 0.15) is 10.7 Å². The Morgan fingerprint density at radius 2 is 1.91 bits per heavy atom. The van der Waals surface area contributed by atoms with Crippen LogP contribution in [0.15, 0.2) is 41.4 Å². The summed E-state index contributed by atoms with van der Waals surface area (Å²) in [5, 5.41) is 5.01. The number of hydrogen-bond acceptors (Lipinski definition) is 3. The van der Waals surface area contributed by atoms with Crippen molar-refractivity contribution in [2.75, 3.05) is 0 Å². The van der Waals surface area contributed by atoms with Crippen molar-refractivity contribution >= 4 is 21.2 Å². The average molecular weight is 332 g/mol. The largest absolute Gasteiger partial charge is 0.261 e. The minimum Gasteiger partial charge on any atom is -0.261 e. The van der Waals surface area contributed by atoms with E-state index in [0.717, 1.165) is 41.7 Å². The zero-order valence-corrected chi connectivity index (χ0v) is 13.5. The van der Waals surface area contributed by atoms with Gasteiger partial charge in [0.25, 0.3) is 0 Å². The van der Waals surface area contributed by atoms with Crippen LogP contribution in [0.1, 0.15) is 36.1 Å². The van der Waals surface area contributed by atoms with Crippen molar-refractivity contribution in [2.24, 2.45) is 5.14 Å². The number of nitrogens with two attached hydrogens (primary N) is 1. The molecule has 120 valence electrons. The van der Waals surface area contributed by atoms with E-state index < -0.39 is 20.7 Å². The number of pyridine rings is 1. The van der Waals surface area contributed by atoms with Crippen LogP contribution in [0.2, 0.25) is 0 Å². The third-order valence-electron chi connectivity index (χ3n) is 4.14. The molecule has 0 saturated carbocycles. The SMILES string of the molecule is Cc1ncccc1C1=C(c2ccc(S(N)(=O)=O)c(F)c2)CCC1. The van der Waals surface area contributed by atoms with Crippen LogP contribution in [0.4, 0.5) is 4.39 Å². The molecule has 0 bridgehead atoms. The fourth-order valence-electron chi connectivity index (χ4n) is 3.08. The molecule has 23 heavy (non-hydrogen) atoms. The first kappa shape index (κ1) is 15.8. The second-order valence-electron chi connectivity index (χ2n) is 5.64. The van der Waals surface area contributed by atoms with Crippen LogP contribution in [0, 0.1) is 12.7 Å². The minimum atomic E-state index is -4.05. The van der Waals surface area contributed by atoms with E-state index in [0.29, 0.717) is 5.56 Å². The second-order valence-corrected chi connectivity index (χ2v) is 7.17. The molecule has 0 aliphatic heterocycles. The lowest BCUT2D eigenvalue weighted by Gasteiger charge is -2.11. The maximum Gasteiger partial charge on any atom is 0.240 e. The molecule has 0 radical (unpaired) electrons. The summed E-state index contributed by atoms with van der Waals surface area (Å²) in [6, 6.07) is 8.01. The standard InChI is InChI=1S/C17H17FN2O2S/c1-11-13(6-3-9-20-11)15-5-2-4-14(15)12-7-8-17(16(18)10-12)23(19,21)22/h3,6-10H,2,4-5H2,1H3,(H2,19,21,22). The van der Waals surface area contributed by atoms with Crippen molar-refractivity contribution < 1.29 is 12.8 Å². The number of aryl methyl sites for hydroxylation is 1. The molecule has 1 heterocycles. The van der Waals surface area contributed by atoms with E-state index in [2.05, 4.69) is 4.98 Å². The van der Waals surface area contributed by atoms with Crippen LogP contribution in [-0.2, 0) is 10.0 Å². The highest BCUT2D eigenvalue weighted by Crippen LogP contribution is 2.40. The topological polar surface area (TPSA) is 73.0 Å². The maximum atomic E-state index is 14.1. The van der Waals surface area contributed by atoms with Crippen molar-refractivity contribution in [3.8, 4) is 0 Å². The van der Waals surface area contributed by atoms with Crippen LogP contribution >= 0.6 is 0 Å². The third kappa shape index (κ3) is 3.04. The third-order valence-corrected chi connectivity index (χ3v) is 5.08. The van der Waals surface area contributed by atoms with Gasteiger partial charge in [0, 0.05) is 11.9 Å². The molecule has 1 aliphatic carbocycles. The molecule has 1 aliphatic rings. The molecule has 4 nitrogen and oxygen atoms in total. The van der Waals surface area contributed by atoms with Crippen LogP contribution < -0.4 is 5.14 Å². The van der Waals surface area contributed by atoms with Crippen molar-refractivity contribution in [3.05, 3.63) is 59.2 Å². The van der Waals surface area contributed by atoms with Crippen molar-refractivity contribution in [3.63, 3.8) is 0 Å². The van der Waals surface area contributed by atoms with Gasteiger partial charge in [0.2, 0.25) is 10.0 Å². The monoisotopic (exact) mass is 332 g/mol. The summed E-state index contributed by atoms with van der Waals surface area (Å²) in [5.41, 5.74) is 4.89. The van der Waals surface area contributed by atoms with Gasteiger partial charge in [-0.3, -0.25) is 4.98 Å². The lowest BCUT2D eigenvalue weighted by Crippen LogP contribution is -2.14. The molecule has 0 unspecified atom stereocenters. The second kappa shape index (κ2) is 5.86. The quantitative estimate of drug-likeness (QED) is 0.937. The summed E-state index contributed by atoms with van der Waals surface area (Å²) in [6.07, 6.45) is 4.46. The first-order valence-electron chi connectivity index (χ1n) is 7.34. The number of aromatic nitrogens is 1. The van der Waals surface area contributed by atoms with E-state index in [1.807, 2.05) is 19.1 Å². The molecule has 0 saturated heterocycles. The molecule has 0 fully saturated rings. The number of hydrogen-bond donors (Lipinski definition) is 1. The highest BCUT2D eigenvalue weighted by Gasteiger charge is 2.21. The summed E-state index contributed by atoms with van der Waals surface area (Å²) in [6.45, 7) is 1.95. The average Bonchev–Trinajstić information content (AvgIpc) is 2.95. The van der Waals surface area contributed by atoms with Gasteiger partial charge < -0.3 is 0 Å². The van der Waals surface area contributed by atoms with Gasteiger partial charge in [-0.25, -0.2) is 17.9 Å². The van der Waals surface area contributed by atoms with Crippen LogP contribution in [0.3, 0.4) is 0 Å². The fourth-order valence-corrected chi connectivity index (χ4v) is 3.67. The fraction of sp³-hybridized carbons (Fsp3) is 0.235. The number of allylic oxidation sites excluding steroid dienone is 2. The van der Waals surface area contributed by atoms with Gasteiger partial charge in [-0.1, -0.05) is 12.1 Å². The number of primary sulfonamides is 1. The Hall–Kier alpha value is -2.05. The predicted octanol–water partition coefficient (Wildman–Crippen LogP) is 3.27. The molecule has 2 aromatic rings. The van der Waals surface area contributed by atoms with Gasteiger partial charge in [-0.05, 0) is 66.7 Å². The smallest absolute Gasteiger partial charge is 0.240 e. The van der Waals surface area contributed by atoms with E-state index in [-0.39, 0.29) is 0 Å². The zero-order chi connectivity index (χ0) is 16.6. The lowest BCUT2D eigenvalue weighted by molar-refractivity contribution is 0.568. The molecule has 0 spiro atoms. The maximum absolute atomic E-state index is 14.1. The molecular formula is C17H17FN2O2S. The van der Waals surface area contributed by atoms with Crippen LogP contribution in [-0.4, -0.2) is 13.4 Å². The summed E-state index contributed by atoms with van der Waals surface area (Å²) in [4.78, 5) is 3.84. The first-order valence-corrected chi connectivity index (χ1v) is 8.89. The molecule has 3 rings (SSSR count). The van der Waals surface area contributed by atoms with E-state index in [9.17, 15) is 12.8 Å². The molecule has 1 aromatic carbocycles.